The first kappa shape index (κ1) is 14.2. The quantitative estimate of drug-likeness (QED) is 0.935. The van der Waals surface area contributed by atoms with E-state index in [-0.39, 0.29) is 5.91 Å². The number of carbonyl (C=O) groups is 1. The highest BCUT2D eigenvalue weighted by Crippen LogP contribution is 2.11. The van der Waals surface area contributed by atoms with Crippen LogP contribution in [0.2, 0.25) is 0 Å². The SMILES string of the molecule is N#Cc1ccc(CCC(=O)Nc2ccc(Br)cn2)cc1. The highest BCUT2D eigenvalue weighted by molar-refractivity contribution is 9.10. The third kappa shape index (κ3) is 4.18. The summed E-state index contributed by atoms with van der Waals surface area (Å²) in [6.07, 6.45) is 2.65. The van der Waals surface area contributed by atoms with Crippen molar-refractivity contribution in [2.45, 2.75) is 12.8 Å². The minimum Gasteiger partial charge on any atom is -0.311 e. The Morgan fingerprint density at radius 1 is 1.25 bits per heavy atom. The Bertz CT molecular complexity index is 630. The van der Waals surface area contributed by atoms with Gasteiger partial charge in [-0.2, -0.15) is 5.26 Å². The van der Waals surface area contributed by atoms with E-state index in [0.717, 1.165) is 10.0 Å². The number of amides is 1. The first-order valence-electron chi connectivity index (χ1n) is 6.08. The second-order valence-electron chi connectivity index (χ2n) is 4.22. The number of halogens is 1. The fraction of sp³-hybridized carbons (Fsp3) is 0.133. The van der Waals surface area contributed by atoms with Crippen molar-refractivity contribution in [3.8, 4) is 6.07 Å². The summed E-state index contributed by atoms with van der Waals surface area (Å²) >= 11 is 3.29. The van der Waals surface area contributed by atoms with Crippen LogP contribution in [0.3, 0.4) is 0 Å². The zero-order chi connectivity index (χ0) is 14.4. The van der Waals surface area contributed by atoms with E-state index in [1.165, 1.54) is 0 Å². The fourth-order valence-corrected chi connectivity index (χ4v) is 1.89. The highest BCUT2D eigenvalue weighted by atomic mass is 79.9. The van der Waals surface area contributed by atoms with Crippen molar-refractivity contribution in [1.82, 2.24) is 4.98 Å². The normalized spacial score (nSPS) is 9.80. The van der Waals surface area contributed by atoms with Gasteiger partial charge >= 0.3 is 0 Å². The van der Waals surface area contributed by atoms with E-state index in [4.69, 9.17) is 5.26 Å². The molecule has 2 rings (SSSR count). The molecular weight excluding hydrogens is 318 g/mol. The molecule has 1 N–H and O–H groups in total. The summed E-state index contributed by atoms with van der Waals surface area (Å²) in [6, 6.07) is 12.9. The number of carbonyl (C=O) groups excluding carboxylic acids is 1. The fourth-order valence-electron chi connectivity index (χ4n) is 1.66. The maximum absolute atomic E-state index is 11.8. The van der Waals surface area contributed by atoms with Crippen molar-refractivity contribution < 1.29 is 4.79 Å². The van der Waals surface area contributed by atoms with Crippen molar-refractivity contribution in [2.24, 2.45) is 0 Å². The summed E-state index contributed by atoms with van der Waals surface area (Å²) in [5, 5.41) is 11.4. The lowest BCUT2D eigenvalue weighted by Crippen LogP contribution is -2.13. The van der Waals surface area contributed by atoms with Gasteiger partial charge in [-0.05, 0) is 52.2 Å². The molecule has 0 fully saturated rings. The van der Waals surface area contributed by atoms with E-state index in [9.17, 15) is 4.79 Å². The number of hydrogen-bond donors (Lipinski definition) is 1. The van der Waals surface area contributed by atoms with Gasteiger partial charge in [-0.25, -0.2) is 4.98 Å². The molecule has 0 spiro atoms. The number of nitrogens with zero attached hydrogens (tertiary/aromatic N) is 2. The van der Waals surface area contributed by atoms with Gasteiger partial charge in [-0.1, -0.05) is 12.1 Å². The van der Waals surface area contributed by atoms with Gasteiger partial charge in [0.15, 0.2) is 0 Å². The number of hydrogen-bond acceptors (Lipinski definition) is 3. The van der Waals surface area contributed by atoms with Crippen molar-refractivity contribution >= 4 is 27.7 Å². The molecule has 0 radical (unpaired) electrons. The van der Waals surface area contributed by atoms with Crippen LogP contribution in [0.4, 0.5) is 5.82 Å². The van der Waals surface area contributed by atoms with E-state index in [1.807, 2.05) is 18.2 Å². The Balaban J connectivity index is 1.85. The smallest absolute Gasteiger partial charge is 0.225 e. The monoisotopic (exact) mass is 329 g/mol. The molecule has 1 aromatic heterocycles. The molecule has 4 nitrogen and oxygen atoms in total. The second-order valence-corrected chi connectivity index (χ2v) is 5.13. The summed E-state index contributed by atoms with van der Waals surface area (Å²) in [4.78, 5) is 15.9. The van der Waals surface area contributed by atoms with Crippen LogP contribution >= 0.6 is 15.9 Å². The van der Waals surface area contributed by atoms with Crippen LogP contribution < -0.4 is 5.32 Å². The van der Waals surface area contributed by atoms with Crippen LogP contribution in [0.15, 0.2) is 47.1 Å². The first-order valence-corrected chi connectivity index (χ1v) is 6.87. The summed E-state index contributed by atoms with van der Waals surface area (Å²) in [7, 11) is 0. The molecule has 1 amide bonds. The average molecular weight is 330 g/mol. The minimum absolute atomic E-state index is 0.0795. The Hall–Kier alpha value is -2.19. The zero-order valence-corrected chi connectivity index (χ0v) is 12.2. The highest BCUT2D eigenvalue weighted by Gasteiger charge is 2.04. The van der Waals surface area contributed by atoms with E-state index < -0.39 is 0 Å². The number of nitriles is 1. The third-order valence-electron chi connectivity index (χ3n) is 2.72. The van der Waals surface area contributed by atoms with Crippen molar-refractivity contribution in [3.63, 3.8) is 0 Å². The maximum atomic E-state index is 11.8. The molecule has 1 heterocycles. The first-order chi connectivity index (χ1) is 9.67. The van der Waals surface area contributed by atoms with Crippen molar-refractivity contribution in [2.75, 3.05) is 5.32 Å². The van der Waals surface area contributed by atoms with Crippen molar-refractivity contribution in [1.29, 1.82) is 5.26 Å². The van der Waals surface area contributed by atoms with Gasteiger partial charge in [0.25, 0.3) is 0 Å². The molecule has 0 saturated carbocycles. The molecule has 0 unspecified atom stereocenters. The van der Waals surface area contributed by atoms with Gasteiger partial charge < -0.3 is 5.32 Å². The molecule has 2 aromatic rings. The summed E-state index contributed by atoms with van der Waals surface area (Å²) in [5.41, 5.74) is 1.65. The average Bonchev–Trinajstić information content (AvgIpc) is 2.48. The zero-order valence-electron chi connectivity index (χ0n) is 10.6. The molecule has 0 aliphatic carbocycles. The van der Waals surface area contributed by atoms with Crippen LogP contribution in [0, 0.1) is 11.3 Å². The number of benzene rings is 1. The maximum Gasteiger partial charge on any atom is 0.225 e. The lowest BCUT2D eigenvalue weighted by atomic mass is 10.1. The number of rotatable bonds is 4. The summed E-state index contributed by atoms with van der Waals surface area (Å²) in [5.74, 6) is 0.460. The second kappa shape index (κ2) is 6.83. The van der Waals surface area contributed by atoms with E-state index in [0.29, 0.717) is 24.2 Å². The number of anilines is 1. The van der Waals surface area contributed by atoms with Gasteiger partial charge in [0.2, 0.25) is 5.91 Å². The molecule has 0 aliphatic rings. The van der Waals surface area contributed by atoms with Crippen LogP contribution in [0.1, 0.15) is 17.5 Å². The van der Waals surface area contributed by atoms with Crippen molar-refractivity contribution in [3.05, 3.63) is 58.2 Å². The molecule has 0 bridgehead atoms. The van der Waals surface area contributed by atoms with Gasteiger partial charge in [0.1, 0.15) is 5.82 Å². The predicted octanol–water partition coefficient (Wildman–Crippen LogP) is 3.29. The third-order valence-corrected chi connectivity index (χ3v) is 3.19. The van der Waals surface area contributed by atoms with E-state index in [2.05, 4.69) is 32.3 Å². The Morgan fingerprint density at radius 2 is 2.00 bits per heavy atom. The molecule has 0 atom stereocenters. The minimum atomic E-state index is -0.0795. The lowest BCUT2D eigenvalue weighted by Gasteiger charge is -2.04. The Morgan fingerprint density at radius 3 is 2.60 bits per heavy atom. The number of nitrogens with one attached hydrogen (secondary N) is 1. The van der Waals surface area contributed by atoms with Gasteiger partial charge in [-0.3, -0.25) is 4.79 Å². The van der Waals surface area contributed by atoms with Crippen LogP contribution in [-0.2, 0) is 11.2 Å². The molecule has 20 heavy (non-hydrogen) atoms. The van der Waals surface area contributed by atoms with Gasteiger partial charge in [0, 0.05) is 17.1 Å². The van der Waals surface area contributed by atoms with Crippen LogP contribution in [0.5, 0.6) is 0 Å². The standard InChI is InChI=1S/C15H12BrN3O/c16-13-6-7-14(18-10-13)19-15(20)8-5-11-1-3-12(9-17)4-2-11/h1-4,6-7,10H,5,8H2,(H,18,19,20). The molecule has 0 saturated heterocycles. The molecule has 1 aromatic carbocycles. The largest absolute Gasteiger partial charge is 0.311 e. The number of aromatic nitrogens is 1. The predicted molar refractivity (Wildman–Crippen MR) is 80.0 cm³/mol. The van der Waals surface area contributed by atoms with E-state index >= 15 is 0 Å². The van der Waals surface area contributed by atoms with Gasteiger partial charge in [-0.15, -0.1) is 0 Å². The Kier molecular flexibility index (Phi) is 4.85. The molecule has 5 heteroatoms. The molecular formula is C15H12BrN3O. The summed E-state index contributed by atoms with van der Waals surface area (Å²) < 4.78 is 0.869. The van der Waals surface area contributed by atoms with E-state index in [1.54, 1.807) is 24.4 Å². The lowest BCUT2D eigenvalue weighted by molar-refractivity contribution is -0.116. The number of pyridine rings is 1. The molecule has 0 aliphatic heterocycles. The topological polar surface area (TPSA) is 65.8 Å². The van der Waals surface area contributed by atoms with Crippen LogP contribution in [-0.4, -0.2) is 10.9 Å². The van der Waals surface area contributed by atoms with Gasteiger partial charge in [0.05, 0.1) is 11.6 Å². The Labute approximate surface area is 125 Å². The summed E-state index contributed by atoms with van der Waals surface area (Å²) in [6.45, 7) is 0. The van der Waals surface area contributed by atoms with Crippen LogP contribution in [0.25, 0.3) is 0 Å². The molecule has 100 valence electrons. The number of aryl methyl sites for hydroxylation is 1.